The zero-order chi connectivity index (χ0) is 13.9. The van der Waals surface area contributed by atoms with Gasteiger partial charge < -0.3 is 4.90 Å². The third-order valence-electron chi connectivity index (χ3n) is 2.26. The summed E-state index contributed by atoms with van der Waals surface area (Å²) in [5, 5.41) is 10.8. The first kappa shape index (κ1) is 14.6. The Labute approximate surface area is 112 Å². The SMILES string of the molecule is CC(Br)CN(C)C(=O)c1ccc(F)cc1[N+](=O)[O-]. The van der Waals surface area contributed by atoms with Crippen LogP contribution in [0.4, 0.5) is 10.1 Å². The first-order valence-corrected chi connectivity index (χ1v) is 6.08. The first-order chi connectivity index (χ1) is 8.32. The van der Waals surface area contributed by atoms with Gasteiger partial charge in [0.15, 0.2) is 0 Å². The second kappa shape index (κ2) is 5.90. The zero-order valence-corrected chi connectivity index (χ0v) is 11.5. The van der Waals surface area contributed by atoms with Crippen molar-refractivity contribution in [1.82, 2.24) is 4.90 Å². The Hall–Kier alpha value is -1.50. The van der Waals surface area contributed by atoms with E-state index in [1.54, 1.807) is 0 Å². The summed E-state index contributed by atoms with van der Waals surface area (Å²) in [7, 11) is 1.53. The van der Waals surface area contributed by atoms with E-state index in [0.717, 1.165) is 18.2 Å². The topological polar surface area (TPSA) is 63.5 Å². The fourth-order valence-electron chi connectivity index (χ4n) is 1.50. The molecule has 0 aliphatic rings. The number of hydrogen-bond acceptors (Lipinski definition) is 3. The van der Waals surface area contributed by atoms with Crippen LogP contribution in [0.3, 0.4) is 0 Å². The lowest BCUT2D eigenvalue weighted by Crippen LogP contribution is -2.31. The summed E-state index contributed by atoms with van der Waals surface area (Å²) in [5.74, 6) is -1.25. The smallest absolute Gasteiger partial charge is 0.285 e. The minimum absolute atomic E-state index is 0.0611. The van der Waals surface area contributed by atoms with Gasteiger partial charge in [0.25, 0.3) is 11.6 Å². The number of nitro groups is 1. The molecule has 18 heavy (non-hydrogen) atoms. The summed E-state index contributed by atoms with van der Waals surface area (Å²) in [6, 6.07) is 2.91. The largest absolute Gasteiger partial charge is 0.340 e. The van der Waals surface area contributed by atoms with Gasteiger partial charge in [0.2, 0.25) is 0 Å². The van der Waals surface area contributed by atoms with Crippen molar-refractivity contribution in [3.8, 4) is 0 Å². The summed E-state index contributed by atoms with van der Waals surface area (Å²) in [6.07, 6.45) is 0. The number of carbonyl (C=O) groups excluding carboxylic acids is 1. The number of halogens is 2. The minimum Gasteiger partial charge on any atom is -0.340 e. The molecule has 1 atom stereocenters. The van der Waals surface area contributed by atoms with Crippen LogP contribution in [-0.4, -0.2) is 34.2 Å². The van der Waals surface area contributed by atoms with Crippen LogP contribution in [0, 0.1) is 15.9 Å². The third-order valence-corrected chi connectivity index (χ3v) is 2.55. The molecule has 0 aliphatic carbocycles. The van der Waals surface area contributed by atoms with Crippen LogP contribution in [0.2, 0.25) is 0 Å². The van der Waals surface area contributed by atoms with E-state index in [2.05, 4.69) is 15.9 Å². The number of nitrogens with zero attached hydrogens (tertiary/aromatic N) is 2. The molecule has 1 unspecified atom stereocenters. The molecule has 0 aliphatic heterocycles. The Balaban J connectivity index is 3.09. The van der Waals surface area contributed by atoms with E-state index in [0.29, 0.717) is 6.54 Å². The van der Waals surface area contributed by atoms with Gasteiger partial charge in [-0.1, -0.05) is 22.9 Å². The number of carbonyl (C=O) groups is 1. The fraction of sp³-hybridized carbons (Fsp3) is 0.364. The Bertz CT molecular complexity index is 479. The Morgan fingerprint density at radius 1 is 1.61 bits per heavy atom. The Kier molecular flexibility index (Phi) is 4.77. The van der Waals surface area contributed by atoms with E-state index in [4.69, 9.17) is 0 Å². The molecule has 0 saturated carbocycles. The summed E-state index contributed by atoms with van der Waals surface area (Å²) in [4.78, 5) is 23.4. The van der Waals surface area contributed by atoms with Crippen LogP contribution in [0.25, 0.3) is 0 Å². The van der Waals surface area contributed by atoms with E-state index in [1.807, 2.05) is 6.92 Å². The molecule has 0 bridgehead atoms. The van der Waals surface area contributed by atoms with Crippen molar-refractivity contribution in [2.75, 3.05) is 13.6 Å². The maximum Gasteiger partial charge on any atom is 0.285 e. The number of benzene rings is 1. The monoisotopic (exact) mass is 318 g/mol. The molecule has 1 aromatic rings. The van der Waals surface area contributed by atoms with Crippen molar-refractivity contribution in [3.63, 3.8) is 0 Å². The number of nitro benzene ring substituents is 1. The van der Waals surface area contributed by atoms with Crippen LogP contribution in [0.5, 0.6) is 0 Å². The molecule has 1 amide bonds. The molecule has 98 valence electrons. The highest BCUT2D eigenvalue weighted by Gasteiger charge is 2.23. The van der Waals surface area contributed by atoms with Gasteiger partial charge in [0, 0.05) is 18.4 Å². The normalized spacial score (nSPS) is 12.0. The maximum absolute atomic E-state index is 12.9. The minimum atomic E-state index is -0.762. The lowest BCUT2D eigenvalue weighted by atomic mass is 10.1. The van der Waals surface area contributed by atoms with Crippen molar-refractivity contribution in [3.05, 3.63) is 39.7 Å². The van der Waals surface area contributed by atoms with Crippen LogP contribution >= 0.6 is 15.9 Å². The molecular formula is C11H12BrFN2O3. The van der Waals surface area contributed by atoms with Gasteiger partial charge in [-0.05, 0) is 12.1 Å². The second-order valence-corrected chi connectivity index (χ2v) is 5.45. The predicted octanol–water partition coefficient (Wildman–Crippen LogP) is 2.59. The van der Waals surface area contributed by atoms with E-state index in [1.165, 1.54) is 11.9 Å². The van der Waals surface area contributed by atoms with E-state index in [-0.39, 0.29) is 10.4 Å². The summed E-state index contributed by atoms with van der Waals surface area (Å²) < 4.78 is 12.9. The van der Waals surface area contributed by atoms with Gasteiger partial charge in [-0.25, -0.2) is 4.39 Å². The van der Waals surface area contributed by atoms with Crippen molar-refractivity contribution < 1.29 is 14.1 Å². The van der Waals surface area contributed by atoms with Crippen molar-refractivity contribution >= 4 is 27.5 Å². The Morgan fingerprint density at radius 3 is 2.72 bits per heavy atom. The van der Waals surface area contributed by atoms with Gasteiger partial charge in [-0.3, -0.25) is 14.9 Å². The first-order valence-electron chi connectivity index (χ1n) is 5.16. The van der Waals surface area contributed by atoms with E-state index >= 15 is 0 Å². The fourth-order valence-corrected chi connectivity index (χ4v) is 1.94. The standard InChI is InChI=1S/C11H12BrFN2O3/c1-7(12)6-14(2)11(16)9-4-3-8(13)5-10(9)15(17)18/h3-5,7H,6H2,1-2H3. The molecule has 5 nitrogen and oxygen atoms in total. The van der Waals surface area contributed by atoms with Gasteiger partial charge in [-0.15, -0.1) is 0 Å². The number of amides is 1. The van der Waals surface area contributed by atoms with Gasteiger partial charge >= 0.3 is 0 Å². The average molecular weight is 319 g/mol. The number of rotatable bonds is 4. The predicted molar refractivity (Wildman–Crippen MR) is 68.4 cm³/mol. The van der Waals surface area contributed by atoms with Gasteiger partial charge in [-0.2, -0.15) is 0 Å². The van der Waals surface area contributed by atoms with E-state index < -0.39 is 22.3 Å². The summed E-state index contributed by atoms with van der Waals surface area (Å²) >= 11 is 3.29. The molecule has 0 radical (unpaired) electrons. The number of alkyl halides is 1. The maximum atomic E-state index is 12.9. The third kappa shape index (κ3) is 3.49. The highest BCUT2D eigenvalue weighted by atomic mass is 79.9. The van der Waals surface area contributed by atoms with Crippen molar-refractivity contribution in [2.45, 2.75) is 11.8 Å². The van der Waals surface area contributed by atoms with Gasteiger partial charge in [0.1, 0.15) is 11.4 Å². The Morgan fingerprint density at radius 2 is 2.22 bits per heavy atom. The van der Waals surface area contributed by atoms with Crippen molar-refractivity contribution in [2.24, 2.45) is 0 Å². The molecule has 0 spiro atoms. The highest BCUT2D eigenvalue weighted by Crippen LogP contribution is 2.21. The van der Waals surface area contributed by atoms with Crippen LogP contribution in [0.15, 0.2) is 18.2 Å². The van der Waals surface area contributed by atoms with Crippen LogP contribution in [0.1, 0.15) is 17.3 Å². The lowest BCUT2D eigenvalue weighted by Gasteiger charge is -2.18. The molecular weight excluding hydrogens is 307 g/mol. The zero-order valence-electron chi connectivity index (χ0n) is 9.89. The van der Waals surface area contributed by atoms with Gasteiger partial charge in [0.05, 0.1) is 11.0 Å². The second-order valence-electron chi connectivity index (χ2n) is 3.89. The molecule has 0 N–H and O–H groups in total. The molecule has 0 heterocycles. The van der Waals surface area contributed by atoms with E-state index in [9.17, 15) is 19.3 Å². The van der Waals surface area contributed by atoms with Crippen LogP contribution < -0.4 is 0 Å². The quantitative estimate of drug-likeness (QED) is 0.487. The molecule has 1 rings (SSSR count). The molecule has 0 saturated heterocycles. The highest BCUT2D eigenvalue weighted by molar-refractivity contribution is 9.09. The number of hydrogen-bond donors (Lipinski definition) is 0. The lowest BCUT2D eigenvalue weighted by molar-refractivity contribution is -0.385. The summed E-state index contributed by atoms with van der Waals surface area (Å²) in [5.41, 5.74) is -0.633. The summed E-state index contributed by atoms with van der Waals surface area (Å²) in [6.45, 7) is 2.25. The molecule has 7 heteroatoms. The molecule has 1 aromatic carbocycles. The van der Waals surface area contributed by atoms with Crippen molar-refractivity contribution in [1.29, 1.82) is 0 Å². The van der Waals surface area contributed by atoms with Crippen LogP contribution in [-0.2, 0) is 0 Å². The molecule has 0 fully saturated rings. The average Bonchev–Trinajstić information content (AvgIpc) is 2.26. The molecule has 0 aromatic heterocycles.